The van der Waals surface area contributed by atoms with E-state index < -0.39 is 11.9 Å². The van der Waals surface area contributed by atoms with Gasteiger partial charge in [0, 0.05) is 6.54 Å². The van der Waals surface area contributed by atoms with Crippen LogP contribution in [0.4, 0.5) is 0 Å². The highest BCUT2D eigenvalue weighted by molar-refractivity contribution is 5.79. The number of nitrogens with one attached hydrogen (secondary N) is 1. The van der Waals surface area contributed by atoms with Gasteiger partial charge in [0.1, 0.15) is 11.5 Å². The van der Waals surface area contributed by atoms with E-state index >= 15 is 0 Å². The van der Waals surface area contributed by atoms with E-state index in [4.69, 9.17) is 9.47 Å². The van der Waals surface area contributed by atoms with Gasteiger partial charge >= 0.3 is 5.97 Å². The summed E-state index contributed by atoms with van der Waals surface area (Å²) in [6.07, 6.45) is 0.532. The third-order valence-electron chi connectivity index (χ3n) is 4.14. The number of benzene rings is 2. The summed E-state index contributed by atoms with van der Waals surface area (Å²) in [6.45, 7) is 2.57. The number of carbonyl (C=O) groups excluding carboxylic acids is 1. The van der Waals surface area contributed by atoms with Gasteiger partial charge in [-0.05, 0) is 48.7 Å². The lowest BCUT2D eigenvalue weighted by molar-refractivity contribution is -0.141. The van der Waals surface area contributed by atoms with Gasteiger partial charge in [0.25, 0.3) is 0 Å². The van der Waals surface area contributed by atoms with Crippen LogP contribution in [0.5, 0.6) is 11.5 Å². The first-order valence-corrected chi connectivity index (χ1v) is 8.86. The fourth-order valence-corrected chi connectivity index (χ4v) is 2.65. The zero-order valence-corrected chi connectivity index (χ0v) is 15.6. The topological polar surface area (TPSA) is 84.9 Å². The molecule has 2 aromatic rings. The van der Waals surface area contributed by atoms with Gasteiger partial charge in [0.05, 0.1) is 26.1 Å². The lowest BCUT2D eigenvalue weighted by Gasteiger charge is -2.14. The SMILES string of the molecule is CCOc1ccc(CC(CNC(=O)Cc2ccc(OC)cc2)C(=O)O)cc1. The van der Waals surface area contributed by atoms with E-state index in [2.05, 4.69) is 5.32 Å². The monoisotopic (exact) mass is 371 g/mol. The van der Waals surface area contributed by atoms with Gasteiger partial charge in [-0.15, -0.1) is 0 Å². The number of rotatable bonds is 10. The third-order valence-corrected chi connectivity index (χ3v) is 4.14. The Balaban J connectivity index is 1.87. The second kappa shape index (κ2) is 10.2. The highest BCUT2D eigenvalue weighted by atomic mass is 16.5. The normalized spacial score (nSPS) is 11.5. The molecule has 0 heterocycles. The predicted octanol–water partition coefficient (Wildman–Crippen LogP) is 2.70. The smallest absolute Gasteiger partial charge is 0.308 e. The quantitative estimate of drug-likeness (QED) is 0.671. The van der Waals surface area contributed by atoms with Crippen LogP contribution in [0, 0.1) is 5.92 Å². The van der Waals surface area contributed by atoms with Crippen molar-refractivity contribution in [2.24, 2.45) is 5.92 Å². The van der Waals surface area contributed by atoms with E-state index in [1.54, 1.807) is 19.2 Å². The summed E-state index contributed by atoms with van der Waals surface area (Å²) in [5, 5.41) is 12.2. The average molecular weight is 371 g/mol. The molecule has 1 unspecified atom stereocenters. The minimum Gasteiger partial charge on any atom is -0.497 e. The zero-order chi connectivity index (χ0) is 19.6. The lowest BCUT2D eigenvalue weighted by Crippen LogP contribution is -2.34. The Kier molecular flexibility index (Phi) is 7.67. The van der Waals surface area contributed by atoms with Gasteiger partial charge < -0.3 is 19.9 Å². The maximum Gasteiger partial charge on any atom is 0.308 e. The van der Waals surface area contributed by atoms with Gasteiger partial charge in [-0.25, -0.2) is 0 Å². The zero-order valence-electron chi connectivity index (χ0n) is 15.6. The van der Waals surface area contributed by atoms with Crippen LogP contribution >= 0.6 is 0 Å². The van der Waals surface area contributed by atoms with Gasteiger partial charge in [0.15, 0.2) is 0 Å². The van der Waals surface area contributed by atoms with Crippen molar-refractivity contribution in [2.45, 2.75) is 19.8 Å². The van der Waals surface area contributed by atoms with Crippen LogP contribution in [0.2, 0.25) is 0 Å². The van der Waals surface area contributed by atoms with Crippen LogP contribution in [0.15, 0.2) is 48.5 Å². The first-order chi connectivity index (χ1) is 13.0. The van der Waals surface area contributed by atoms with Crippen LogP contribution in [0.1, 0.15) is 18.1 Å². The van der Waals surface area contributed by atoms with Gasteiger partial charge in [-0.3, -0.25) is 9.59 Å². The number of carbonyl (C=O) groups is 2. The molecule has 2 rings (SSSR count). The van der Waals surface area contributed by atoms with E-state index in [0.717, 1.165) is 22.6 Å². The van der Waals surface area contributed by atoms with Crippen molar-refractivity contribution in [1.82, 2.24) is 5.32 Å². The van der Waals surface area contributed by atoms with Crippen LogP contribution in [-0.2, 0) is 22.4 Å². The van der Waals surface area contributed by atoms with Crippen LogP contribution in [0.3, 0.4) is 0 Å². The number of amides is 1. The molecule has 0 saturated carbocycles. The van der Waals surface area contributed by atoms with E-state index in [0.29, 0.717) is 13.0 Å². The summed E-state index contributed by atoms with van der Waals surface area (Å²) in [5.74, 6) is -0.365. The number of ether oxygens (including phenoxy) is 2. The van der Waals surface area contributed by atoms with Crippen LogP contribution in [-0.4, -0.2) is 37.2 Å². The summed E-state index contributed by atoms with van der Waals surface area (Å²) < 4.78 is 10.5. The minimum absolute atomic E-state index is 0.0809. The predicted molar refractivity (Wildman–Crippen MR) is 102 cm³/mol. The number of hydrogen-bond acceptors (Lipinski definition) is 4. The minimum atomic E-state index is -0.936. The summed E-state index contributed by atoms with van der Waals surface area (Å²) in [5.41, 5.74) is 1.72. The second-order valence-electron chi connectivity index (χ2n) is 6.15. The molecule has 2 aromatic carbocycles. The Labute approximate surface area is 159 Å². The summed E-state index contributed by atoms with van der Waals surface area (Å²) in [4.78, 5) is 23.6. The Hall–Kier alpha value is -3.02. The van der Waals surface area contributed by atoms with Crippen LogP contribution in [0.25, 0.3) is 0 Å². The molecule has 1 amide bonds. The first-order valence-electron chi connectivity index (χ1n) is 8.86. The molecule has 0 aliphatic carbocycles. The average Bonchev–Trinajstić information content (AvgIpc) is 2.67. The number of carboxylic acids is 1. The van der Waals surface area contributed by atoms with Crippen LogP contribution < -0.4 is 14.8 Å². The Morgan fingerprint density at radius 1 is 1.00 bits per heavy atom. The van der Waals surface area contributed by atoms with Crippen molar-refractivity contribution in [3.8, 4) is 11.5 Å². The van der Waals surface area contributed by atoms with E-state index in [-0.39, 0.29) is 18.9 Å². The molecule has 2 N–H and O–H groups in total. The first kappa shape index (κ1) is 20.3. The molecule has 0 fully saturated rings. The van der Waals surface area contributed by atoms with Crippen molar-refractivity contribution >= 4 is 11.9 Å². The van der Waals surface area contributed by atoms with E-state index in [1.165, 1.54) is 0 Å². The molecule has 0 aromatic heterocycles. The molecule has 0 aliphatic heterocycles. The fourth-order valence-electron chi connectivity index (χ4n) is 2.65. The van der Waals surface area contributed by atoms with Crippen molar-refractivity contribution in [1.29, 1.82) is 0 Å². The standard InChI is InChI=1S/C21H25NO5/c1-3-27-19-10-6-15(7-11-19)12-17(21(24)25)14-22-20(23)13-16-4-8-18(26-2)9-5-16/h4-11,17H,3,12-14H2,1-2H3,(H,22,23)(H,24,25). The number of hydrogen-bond donors (Lipinski definition) is 2. The molecule has 1 atom stereocenters. The molecule has 0 spiro atoms. The molecule has 0 saturated heterocycles. The molecule has 144 valence electrons. The van der Waals surface area contributed by atoms with E-state index in [9.17, 15) is 14.7 Å². The van der Waals surface area contributed by atoms with Crippen molar-refractivity contribution in [2.75, 3.05) is 20.3 Å². The number of methoxy groups -OCH3 is 1. The Bertz CT molecular complexity index is 740. The molecule has 0 aliphatic rings. The summed E-state index contributed by atoms with van der Waals surface area (Å²) in [7, 11) is 1.58. The van der Waals surface area contributed by atoms with Crippen molar-refractivity contribution < 1.29 is 24.2 Å². The molecule has 6 nitrogen and oxygen atoms in total. The second-order valence-corrected chi connectivity index (χ2v) is 6.15. The van der Waals surface area contributed by atoms with Gasteiger partial charge in [0.2, 0.25) is 5.91 Å². The third kappa shape index (κ3) is 6.66. The summed E-state index contributed by atoms with van der Waals surface area (Å²) in [6, 6.07) is 14.5. The maximum absolute atomic E-state index is 12.1. The highest BCUT2D eigenvalue weighted by Gasteiger charge is 2.19. The number of carboxylic acid groups (broad SMARTS) is 1. The Morgan fingerprint density at radius 2 is 1.59 bits per heavy atom. The molecular weight excluding hydrogens is 346 g/mol. The van der Waals surface area contributed by atoms with Crippen molar-refractivity contribution in [3.05, 3.63) is 59.7 Å². The summed E-state index contributed by atoms with van der Waals surface area (Å²) >= 11 is 0. The van der Waals surface area contributed by atoms with Crippen molar-refractivity contribution in [3.63, 3.8) is 0 Å². The molecule has 0 bridgehead atoms. The Morgan fingerprint density at radius 3 is 2.15 bits per heavy atom. The molecular formula is C21H25NO5. The lowest BCUT2D eigenvalue weighted by atomic mass is 9.99. The molecule has 27 heavy (non-hydrogen) atoms. The fraction of sp³-hybridized carbons (Fsp3) is 0.333. The molecule has 0 radical (unpaired) electrons. The highest BCUT2D eigenvalue weighted by Crippen LogP contribution is 2.16. The largest absolute Gasteiger partial charge is 0.497 e. The number of aliphatic carboxylic acids is 1. The van der Waals surface area contributed by atoms with Gasteiger partial charge in [-0.1, -0.05) is 24.3 Å². The molecule has 6 heteroatoms. The van der Waals surface area contributed by atoms with Gasteiger partial charge in [-0.2, -0.15) is 0 Å². The van der Waals surface area contributed by atoms with E-state index in [1.807, 2.05) is 43.3 Å². The maximum atomic E-state index is 12.1.